The molecular formula is C28H32N2O5. The smallest absolute Gasteiger partial charge is 0.407 e. The number of hydrogen-bond donors (Lipinski definition) is 3. The molecule has 3 N–H and O–H groups in total. The standard InChI is InChI=1S/C28H32N2O5/c31-26(29-15-18-13-24(18)27(32)33)19-8-2-1-7-17(19)14-30-28(34)35-16-25-22-11-5-3-9-20(22)21-10-4-6-12-23(21)25/h3-6,9-12,17-19,24-25H,1-2,7-8,13-16H2,(H,29,31)(H,30,34)(H,32,33)/t17-,18-,19-,24-/m0/s1. The van der Waals surface area contributed by atoms with Crippen LogP contribution in [0.25, 0.3) is 11.1 Å². The zero-order chi connectivity index (χ0) is 24.4. The first kappa shape index (κ1) is 23.4. The Morgan fingerprint density at radius 3 is 2.11 bits per heavy atom. The molecule has 2 fully saturated rings. The average molecular weight is 477 g/mol. The van der Waals surface area contributed by atoms with Crippen LogP contribution in [0.5, 0.6) is 0 Å². The highest BCUT2D eigenvalue weighted by atomic mass is 16.5. The van der Waals surface area contributed by atoms with Gasteiger partial charge in [0.05, 0.1) is 5.92 Å². The monoisotopic (exact) mass is 476 g/mol. The Hall–Kier alpha value is -3.35. The van der Waals surface area contributed by atoms with E-state index in [1.807, 2.05) is 24.3 Å². The molecule has 2 saturated carbocycles. The molecule has 0 saturated heterocycles. The number of hydrogen-bond acceptors (Lipinski definition) is 4. The number of fused-ring (bicyclic) bond motifs is 3. The van der Waals surface area contributed by atoms with E-state index in [-0.39, 0.29) is 42.1 Å². The molecule has 0 aromatic heterocycles. The van der Waals surface area contributed by atoms with Crippen molar-refractivity contribution in [2.75, 3.05) is 19.7 Å². The van der Waals surface area contributed by atoms with Gasteiger partial charge in [0.1, 0.15) is 6.61 Å². The van der Waals surface area contributed by atoms with Gasteiger partial charge in [-0.25, -0.2) is 4.79 Å². The van der Waals surface area contributed by atoms with E-state index in [0.29, 0.717) is 19.5 Å². The second kappa shape index (κ2) is 10.1. The maximum Gasteiger partial charge on any atom is 0.407 e. The first-order valence-corrected chi connectivity index (χ1v) is 12.6. The predicted molar refractivity (Wildman–Crippen MR) is 131 cm³/mol. The summed E-state index contributed by atoms with van der Waals surface area (Å²) in [7, 11) is 0. The Bertz CT molecular complexity index is 1070. The highest BCUT2D eigenvalue weighted by Gasteiger charge is 2.43. The average Bonchev–Trinajstić information content (AvgIpc) is 3.60. The van der Waals surface area contributed by atoms with Crippen LogP contribution in [0.4, 0.5) is 4.79 Å². The van der Waals surface area contributed by atoms with Crippen LogP contribution >= 0.6 is 0 Å². The second-order valence-electron chi connectivity index (χ2n) is 10.0. The number of aliphatic carboxylic acids is 1. The van der Waals surface area contributed by atoms with Crippen molar-refractivity contribution >= 4 is 18.0 Å². The zero-order valence-corrected chi connectivity index (χ0v) is 19.7. The number of carbonyl (C=O) groups excluding carboxylic acids is 2. The predicted octanol–water partition coefficient (Wildman–Crippen LogP) is 4.17. The van der Waals surface area contributed by atoms with Crippen molar-refractivity contribution in [3.05, 3.63) is 59.7 Å². The van der Waals surface area contributed by atoms with Gasteiger partial charge < -0.3 is 20.5 Å². The van der Waals surface area contributed by atoms with Crippen LogP contribution in [0.15, 0.2) is 48.5 Å². The van der Waals surface area contributed by atoms with Crippen LogP contribution in [0.2, 0.25) is 0 Å². The Morgan fingerprint density at radius 2 is 1.46 bits per heavy atom. The van der Waals surface area contributed by atoms with Gasteiger partial charge in [0, 0.05) is 24.9 Å². The van der Waals surface area contributed by atoms with Gasteiger partial charge in [-0.05, 0) is 53.4 Å². The Morgan fingerprint density at radius 1 is 0.829 bits per heavy atom. The molecule has 2 amide bonds. The van der Waals surface area contributed by atoms with E-state index < -0.39 is 12.1 Å². The summed E-state index contributed by atoms with van der Waals surface area (Å²) in [6, 6.07) is 16.5. The zero-order valence-electron chi connectivity index (χ0n) is 19.7. The van der Waals surface area contributed by atoms with E-state index in [1.165, 1.54) is 22.3 Å². The van der Waals surface area contributed by atoms with Gasteiger partial charge in [-0.1, -0.05) is 61.4 Å². The quantitative estimate of drug-likeness (QED) is 0.531. The van der Waals surface area contributed by atoms with Crippen molar-refractivity contribution in [3.8, 4) is 11.1 Å². The second-order valence-corrected chi connectivity index (χ2v) is 10.0. The summed E-state index contributed by atoms with van der Waals surface area (Å²) >= 11 is 0. The molecule has 3 aliphatic rings. The lowest BCUT2D eigenvalue weighted by Crippen LogP contribution is -2.42. The van der Waals surface area contributed by atoms with E-state index in [2.05, 4.69) is 34.9 Å². The lowest BCUT2D eigenvalue weighted by molar-refractivity contribution is -0.139. The van der Waals surface area contributed by atoms with Crippen molar-refractivity contribution in [1.29, 1.82) is 0 Å². The fourth-order valence-corrected chi connectivity index (χ4v) is 5.80. The fraction of sp³-hybridized carbons (Fsp3) is 0.464. The molecule has 7 nitrogen and oxygen atoms in total. The first-order valence-electron chi connectivity index (χ1n) is 12.6. The Labute approximate surface area is 205 Å². The fourth-order valence-electron chi connectivity index (χ4n) is 5.80. The minimum atomic E-state index is -0.785. The Balaban J connectivity index is 1.12. The summed E-state index contributed by atoms with van der Waals surface area (Å²) in [5, 5.41) is 14.9. The van der Waals surface area contributed by atoms with E-state index in [1.54, 1.807) is 0 Å². The van der Waals surface area contributed by atoms with Crippen LogP contribution in [-0.2, 0) is 14.3 Å². The maximum atomic E-state index is 12.8. The van der Waals surface area contributed by atoms with Crippen LogP contribution in [-0.4, -0.2) is 42.8 Å². The number of carboxylic acids is 1. The number of carbonyl (C=O) groups is 3. The number of ether oxygens (including phenoxy) is 1. The van der Waals surface area contributed by atoms with Crippen LogP contribution in [0.1, 0.15) is 49.1 Å². The highest BCUT2D eigenvalue weighted by Crippen LogP contribution is 2.44. The van der Waals surface area contributed by atoms with Crippen molar-refractivity contribution < 1.29 is 24.2 Å². The summed E-state index contributed by atoms with van der Waals surface area (Å²) in [6.07, 6.45) is 3.86. The van der Waals surface area contributed by atoms with E-state index in [4.69, 9.17) is 9.84 Å². The minimum absolute atomic E-state index is 0.0124. The molecule has 0 radical (unpaired) electrons. The van der Waals surface area contributed by atoms with Crippen molar-refractivity contribution in [2.24, 2.45) is 23.7 Å². The molecule has 0 bridgehead atoms. The maximum absolute atomic E-state index is 12.8. The number of alkyl carbamates (subject to hydrolysis) is 1. The summed E-state index contributed by atoms with van der Waals surface area (Å²) in [6.45, 7) is 1.08. The SMILES string of the molecule is O=C(NC[C@@H]1CCCC[C@@H]1C(=O)NC[C@@H]1C[C@@H]1C(=O)O)OCC1c2ccccc2-c2ccccc21. The molecule has 0 aliphatic heterocycles. The van der Waals surface area contributed by atoms with Crippen LogP contribution < -0.4 is 10.6 Å². The van der Waals surface area contributed by atoms with Crippen molar-refractivity contribution in [3.63, 3.8) is 0 Å². The highest BCUT2D eigenvalue weighted by molar-refractivity contribution is 5.80. The third kappa shape index (κ3) is 5.04. The molecule has 4 atom stereocenters. The largest absolute Gasteiger partial charge is 0.481 e. The first-order chi connectivity index (χ1) is 17.0. The van der Waals surface area contributed by atoms with Gasteiger partial charge in [-0.2, -0.15) is 0 Å². The molecule has 2 aromatic carbocycles. The molecule has 35 heavy (non-hydrogen) atoms. The molecule has 7 heteroatoms. The molecular weight excluding hydrogens is 444 g/mol. The number of nitrogens with one attached hydrogen (secondary N) is 2. The molecule has 0 spiro atoms. The summed E-state index contributed by atoms with van der Waals surface area (Å²) in [5.74, 6) is -1.20. The summed E-state index contributed by atoms with van der Waals surface area (Å²) in [5.41, 5.74) is 4.72. The molecule has 0 unspecified atom stereocenters. The van der Waals surface area contributed by atoms with Crippen molar-refractivity contribution in [2.45, 2.75) is 38.0 Å². The van der Waals surface area contributed by atoms with Crippen LogP contribution in [0, 0.1) is 23.7 Å². The third-order valence-corrected chi connectivity index (χ3v) is 7.88. The Kier molecular flexibility index (Phi) is 6.75. The lowest BCUT2D eigenvalue weighted by atomic mass is 9.78. The third-order valence-electron chi connectivity index (χ3n) is 7.88. The number of carboxylic acid groups (broad SMARTS) is 1. The van der Waals surface area contributed by atoms with Gasteiger partial charge in [-0.15, -0.1) is 0 Å². The topological polar surface area (TPSA) is 105 Å². The number of benzene rings is 2. The van der Waals surface area contributed by atoms with E-state index in [9.17, 15) is 14.4 Å². The van der Waals surface area contributed by atoms with Crippen LogP contribution in [0.3, 0.4) is 0 Å². The lowest BCUT2D eigenvalue weighted by Gasteiger charge is -2.30. The van der Waals surface area contributed by atoms with E-state index >= 15 is 0 Å². The molecule has 0 heterocycles. The normalized spacial score (nSPS) is 24.7. The molecule has 3 aliphatic carbocycles. The summed E-state index contributed by atoms with van der Waals surface area (Å²) < 4.78 is 5.64. The molecule has 2 aromatic rings. The van der Waals surface area contributed by atoms with Gasteiger partial charge in [0.25, 0.3) is 0 Å². The minimum Gasteiger partial charge on any atom is -0.481 e. The van der Waals surface area contributed by atoms with Crippen molar-refractivity contribution in [1.82, 2.24) is 10.6 Å². The molecule has 184 valence electrons. The van der Waals surface area contributed by atoms with Gasteiger partial charge in [0.2, 0.25) is 5.91 Å². The molecule has 5 rings (SSSR count). The van der Waals surface area contributed by atoms with Gasteiger partial charge >= 0.3 is 12.1 Å². The van der Waals surface area contributed by atoms with Gasteiger partial charge in [-0.3, -0.25) is 9.59 Å². The van der Waals surface area contributed by atoms with E-state index in [0.717, 1.165) is 25.7 Å². The number of rotatable bonds is 8. The van der Waals surface area contributed by atoms with Gasteiger partial charge in [0.15, 0.2) is 0 Å². The summed E-state index contributed by atoms with van der Waals surface area (Å²) in [4.78, 5) is 36.4. The number of amides is 2.